The Balaban J connectivity index is 1.62. The molecule has 2 amide bonds. The van der Waals surface area contributed by atoms with Gasteiger partial charge in [0.2, 0.25) is 0 Å². The average Bonchev–Trinajstić information content (AvgIpc) is 2.86. The third-order valence-electron chi connectivity index (χ3n) is 4.53. The van der Waals surface area contributed by atoms with Crippen LogP contribution in [-0.4, -0.2) is 35.9 Å². The lowest BCUT2D eigenvalue weighted by atomic mass is 9.82. The fraction of sp³-hybridized carbons (Fsp3) is 0.412. The number of hydrogen-bond acceptors (Lipinski definition) is 6. The van der Waals surface area contributed by atoms with Gasteiger partial charge < -0.3 is 9.57 Å². The number of nitrogens with zero attached hydrogens (tertiary/aromatic N) is 1. The summed E-state index contributed by atoms with van der Waals surface area (Å²) in [5.74, 6) is -2.80. The van der Waals surface area contributed by atoms with Gasteiger partial charge in [0.25, 0.3) is 11.8 Å². The zero-order chi connectivity index (χ0) is 17.3. The Bertz CT molecular complexity index is 670. The standard InChI is InChI=1S/C17H17NO6/c1-23-16(21)10-6-8-11(9-7-10)17(22)24-18-14(19)12-4-2-3-5-13(12)15(18)20/h2-5,10-11H,6-9H2,1H3. The number of carbonyl (C=O) groups is 4. The van der Waals surface area contributed by atoms with E-state index in [1.165, 1.54) is 19.2 Å². The van der Waals surface area contributed by atoms with Crippen LogP contribution in [0, 0.1) is 11.8 Å². The molecular formula is C17H17NO6. The van der Waals surface area contributed by atoms with Crippen molar-refractivity contribution in [2.24, 2.45) is 11.8 Å². The molecular weight excluding hydrogens is 314 g/mol. The van der Waals surface area contributed by atoms with Crippen molar-refractivity contribution in [1.82, 2.24) is 5.06 Å². The predicted molar refractivity (Wildman–Crippen MR) is 80.5 cm³/mol. The fourth-order valence-corrected chi connectivity index (χ4v) is 3.15. The van der Waals surface area contributed by atoms with E-state index in [0.29, 0.717) is 30.7 Å². The predicted octanol–water partition coefficient (Wildman–Crippen LogP) is 1.72. The molecule has 24 heavy (non-hydrogen) atoms. The van der Waals surface area contributed by atoms with Gasteiger partial charge in [0.1, 0.15) is 0 Å². The third-order valence-corrected chi connectivity index (χ3v) is 4.53. The summed E-state index contributed by atoms with van der Waals surface area (Å²) in [6.45, 7) is 0. The second-order valence-electron chi connectivity index (χ2n) is 5.93. The number of rotatable bonds is 3. The van der Waals surface area contributed by atoms with Gasteiger partial charge in [-0.2, -0.15) is 0 Å². The third kappa shape index (κ3) is 2.77. The molecule has 1 aliphatic carbocycles. The zero-order valence-electron chi connectivity index (χ0n) is 13.2. The van der Waals surface area contributed by atoms with Crippen LogP contribution in [0.1, 0.15) is 46.4 Å². The van der Waals surface area contributed by atoms with Gasteiger partial charge in [-0.1, -0.05) is 17.2 Å². The average molecular weight is 331 g/mol. The summed E-state index contributed by atoms with van der Waals surface area (Å²) in [7, 11) is 1.34. The summed E-state index contributed by atoms with van der Waals surface area (Å²) in [6.07, 6.45) is 1.96. The Morgan fingerprint density at radius 1 is 0.917 bits per heavy atom. The van der Waals surface area contributed by atoms with Crippen molar-refractivity contribution < 1.29 is 28.8 Å². The fourth-order valence-electron chi connectivity index (χ4n) is 3.15. The maximum atomic E-state index is 12.3. The van der Waals surface area contributed by atoms with Gasteiger partial charge >= 0.3 is 11.9 Å². The monoisotopic (exact) mass is 331 g/mol. The Kier molecular flexibility index (Phi) is 4.33. The molecule has 0 aromatic heterocycles. The number of methoxy groups -OCH3 is 1. The van der Waals surface area contributed by atoms with Crippen LogP contribution in [0.4, 0.5) is 0 Å². The van der Waals surface area contributed by atoms with Crippen molar-refractivity contribution >= 4 is 23.8 Å². The summed E-state index contributed by atoms with van der Waals surface area (Å²) in [6, 6.07) is 6.32. The van der Waals surface area contributed by atoms with E-state index in [9.17, 15) is 19.2 Å². The second kappa shape index (κ2) is 6.43. The minimum absolute atomic E-state index is 0.210. The van der Waals surface area contributed by atoms with Crippen LogP contribution in [0.3, 0.4) is 0 Å². The highest BCUT2D eigenvalue weighted by Crippen LogP contribution is 2.31. The van der Waals surface area contributed by atoms with Crippen LogP contribution < -0.4 is 0 Å². The Morgan fingerprint density at radius 3 is 1.83 bits per heavy atom. The lowest BCUT2D eigenvalue weighted by Crippen LogP contribution is -2.36. The lowest BCUT2D eigenvalue weighted by Gasteiger charge is -2.26. The van der Waals surface area contributed by atoms with Crippen molar-refractivity contribution in [1.29, 1.82) is 0 Å². The van der Waals surface area contributed by atoms with E-state index in [1.807, 2.05) is 0 Å². The lowest BCUT2D eigenvalue weighted by molar-refractivity contribution is -0.175. The van der Waals surface area contributed by atoms with E-state index in [1.54, 1.807) is 12.1 Å². The van der Waals surface area contributed by atoms with Crippen LogP contribution in [-0.2, 0) is 19.2 Å². The number of hydroxylamine groups is 2. The van der Waals surface area contributed by atoms with Gasteiger partial charge in [0, 0.05) is 0 Å². The van der Waals surface area contributed by atoms with E-state index in [4.69, 9.17) is 9.57 Å². The van der Waals surface area contributed by atoms with Crippen LogP contribution in [0.5, 0.6) is 0 Å². The largest absolute Gasteiger partial charge is 0.469 e. The van der Waals surface area contributed by atoms with E-state index in [0.717, 1.165) is 0 Å². The maximum Gasteiger partial charge on any atom is 0.336 e. The summed E-state index contributed by atoms with van der Waals surface area (Å²) in [5, 5.41) is 0.527. The first-order valence-corrected chi connectivity index (χ1v) is 7.80. The summed E-state index contributed by atoms with van der Waals surface area (Å²) >= 11 is 0. The number of imide groups is 1. The van der Waals surface area contributed by atoms with Gasteiger partial charge in [-0.25, -0.2) is 4.79 Å². The topological polar surface area (TPSA) is 90.0 Å². The highest BCUT2D eigenvalue weighted by atomic mass is 16.7. The molecule has 7 nitrogen and oxygen atoms in total. The molecule has 0 atom stereocenters. The van der Waals surface area contributed by atoms with Crippen LogP contribution >= 0.6 is 0 Å². The number of amides is 2. The minimum atomic E-state index is -0.632. The van der Waals surface area contributed by atoms with Gasteiger partial charge in [0.05, 0.1) is 30.1 Å². The molecule has 0 saturated heterocycles. The van der Waals surface area contributed by atoms with E-state index in [-0.39, 0.29) is 23.0 Å². The Morgan fingerprint density at radius 2 is 1.38 bits per heavy atom. The van der Waals surface area contributed by atoms with E-state index >= 15 is 0 Å². The molecule has 0 radical (unpaired) electrons. The minimum Gasteiger partial charge on any atom is -0.469 e. The Hall–Kier alpha value is -2.70. The highest BCUT2D eigenvalue weighted by Gasteiger charge is 2.40. The van der Waals surface area contributed by atoms with Crippen molar-refractivity contribution in [3.8, 4) is 0 Å². The molecule has 0 spiro atoms. The van der Waals surface area contributed by atoms with Gasteiger partial charge in [-0.3, -0.25) is 14.4 Å². The molecule has 126 valence electrons. The molecule has 1 aliphatic heterocycles. The van der Waals surface area contributed by atoms with Crippen molar-refractivity contribution in [2.45, 2.75) is 25.7 Å². The van der Waals surface area contributed by atoms with Gasteiger partial charge in [-0.05, 0) is 37.8 Å². The first kappa shape index (κ1) is 16.2. The first-order valence-electron chi connectivity index (χ1n) is 7.80. The van der Waals surface area contributed by atoms with Crippen molar-refractivity contribution in [3.63, 3.8) is 0 Å². The molecule has 0 bridgehead atoms. The van der Waals surface area contributed by atoms with Crippen molar-refractivity contribution in [2.75, 3.05) is 7.11 Å². The second-order valence-corrected chi connectivity index (χ2v) is 5.93. The first-order chi connectivity index (χ1) is 11.5. The van der Waals surface area contributed by atoms with Crippen LogP contribution in [0.15, 0.2) is 24.3 Å². The van der Waals surface area contributed by atoms with Crippen LogP contribution in [0.2, 0.25) is 0 Å². The van der Waals surface area contributed by atoms with E-state index < -0.39 is 23.7 Å². The molecule has 7 heteroatoms. The number of benzene rings is 1. The molecule has 0 unspecified atom stereocenters. The summed E-state index contributed by atoms with van der Waals surface area (Å²) in [5.41, 5.74) is 0.453. The highest BCUT2D eigenvalue weighted by molar-refractivity contribution is 6.20. The van der Waals surface area contributed by atoms with Crippen LogP contribution in [0.25, 0.3) is 0 Å². The number of fused-ring (bicyclic) bond motifs is 1. The number of esters is 1. The molecule has 1 saturated carbocycles. The molecule has 1 fully saturated rings. The van der Waals surface area contributed by atoms with Crippen molar-refractivity contribution in [3.05, 3.63) is 35.4 Å². The zero-order valence-corrected chi connectivity index (χ0v) is 13.2. The molecule has 1 heterocycles. The molecule has 1 aromatic carbocycles. The quantitative estimate of drug-likeness (QED) is 0.619. The molecule has 3 rings (SSSR count). The number of carbonyl (C=O) groups excluding carboxylic acids is 4. The number of ether oxygens (including phenoxy) is 1. The maximum absolute atomic E-state index is 12.3. The smallest absolute Gasteiger partial charge is 0.336 e. The molecule has 1 aromatic rings. The van der Waals surface area contributed by atoms with E-state index in [2.05, 4.69) is 0 Å². The van der Waals surface area contributed by atoms with Gasteiger partial charge in [-0.15, -0.1) is 0 Å². The normalized spacial score (nSPS) is 23.0. The number of hydrogen-bond donors (Lipinski definition) is 0. The molecule has 2 aliphatic rings. The summed E-state index contributed by atoms with van der Waals surface area (Å²) < 4.78 is 4.70. The Labute approximate surface area is 138 Å². The summed E-state index contributed by atoms with van der Waals surface area (Å²) in [4.78, 5) is 53.2. The van der Waals surface area contributed by atoms with Gasteiger partial charge in [0.15, 0.2) is 0 Å². The SMILES string of the molecule is COC(=O)C1CCC(C(=O)ON2C(=O)c3ccccc3C2=O)CC1. The molecule has 0 N–H and O–H groups in total.